The molecule has 2 aliphatic carbocycles. The Morgan fingerprint density at radius 2 is 1.32 bits per heavy atom. The fraction of sp³-hybridized carbons (Fsp3) is 0.231. The van der Waals surface area contributed by atoms with Crippen LogP contribution in [0.4, 0.5) is 5.95 Å². The molecule has 0 atom stereocenters. The van der Waals surface area contributed by atoms with Gasteiger partial charge in [-0.15, -0.1) is 0 Å². The number of hydrogen-bond donors (Lipinski definition) is 0. The molecule has 0 spiro atoms. The Morgan fingerprint density at radius 1 is 0.742 bits per heavy atom. The van der Waals surface area contributed by atoms with Gasteiger partial charge in [-0.2, -0.15) is 0 Å². The molecule has 1 aliphatic heterocycles. The summed E-state index contributed by atoms with van der Waals surface area (Å²) in [4.78, 5) is 12.0. The van der Waals surface area contributed by atoms with Crippen LogP contribution in [-0.4, -0.2) is 30.2 Å². The van der Waals surface area contributed by atoms with E-state index in [1.165, 1.54) is 19.3 Å². The predicted molar refractivity (Wildman–Crippen MR) is 121 cm³/mol. The molecular formula is C26H27FeN3O+2. The third-order valence-corrected chi connectivity index (χ3v) is 5.25. The zero-order valence-corrected chi connectivity index (χ0v) is 18.8. The van der Waals surface area contributed by atoms with Crippen LogP contribution in [-0.2, 0) is 17.1 Å². The minimum Gasteiger partial charge on any atom is -0.497 e. The van der Waals surface area contributed by atoms with Gasteiger partial charge < -0.3 is 9.64 Å². The summed E-state index contributed by atoms with van der Waals surface area (Å²) < 4.78 is 5.27. The Labute approximate surface area is 198 Å². The molecule has 2 aromatic rings. The molecule has 0 unspecified atom stereocenters. The topological polar surface area (TPSA) is 38.2 Å². The fourth-order valence-corrected chi connectivity index (χ4v) is 3.59. The third kappa shape index (κ3) is 6.70. The Kier molecular flexibility index (Phi) is 9.67. The summed E-state index contributed by atoms with van der Waals surface area (Å²) in [5.41, 5.74) is 3.01. The summed E-state index contributed by atoms with van der Waals surface area (Å²) in [6.07, 6.45) is 22.0. The van der Waals surface area contributed by atoms with Gasteiger partial charge in [-0.05, 0) is 107 Å². The minimum absolute atomic E-state index is 0. The molecule has 2 heterocycles. The van der Waals surface area contributed by atoms with E-state index in [2.05, 4.69) is 35.9 Å². The largest absolute Gasteiger partial charge is 2.00 e. The monoisotopic (exact) mass is 453 g/mol. The van der Waals surface area contributed by atoms with Crippen LogP contribution >= 0.6 is 0 Å². The molecule has 1 aromatic carbocycles. The van der Waals surface area contributed by atoms with Gasteiger partial charge in [0.25, 0.3) is 0 Å². The maximum absolute atomic E-state index is 5.27. The average Bonchev–Trinajstić information content (AvgIpc) is 3.57. The quantitative estimate of drug-likeness (QED) is 0.617. The number of piperidine rings is 1. The first kappa shape index (κ1) is 24.1. The number of methoxy groups -OCH3 is 1. The number of hydrogen-bond acceptors (Lipinski definition) is 4. The Hall–Kier alpha value is -1.58. The third-order valence-electron chi connectivity index (χ3n) is 5.25. The van der Waals surface area contributed by atoms with Crippen LogP contribution in [0.3, 0.4) is 0 Å². The molecule has 10 radical (unpaired) electrons. The first-order valence-electron chi connectivity index (χ1n) is 10.5. The van der Waals surface area contributed by atoms with Crippen molar-refractivity contribution in [2.75, 3.05) is 25.1 Å². The molecule has 0 bridgehead atoms. The normalized spacial score (nSPS) is 18.8. The smallest absolute Gasteiger partial charge is 0.497 e. The maximum atomic E-state index is 5.27. The van der Waals surface area contributed by atoms with E-state index in [0.717, 1.165) is 47.7 Å². The number of benzene rings is 1. The summed E-state index contributed by atoms with van der Waals surface area (Å²) in [7, 11) is 1.68. The Bertz CT molecular complexity index is 772. The minimum atomic E-state index is 0. The van der Waals surface area contributed by atoms with Crippen LogP contribution in [0.2, 0.25) is 0 Å². The van der Waals surface area contributed by atoms with Crippen LogP contribution in [0.15, 0.2) is 30.3 Å². The van der Waals surface area contributed by atoms with Crippen LogP contribution in [0.25, 0.3) is 11.3 Å². The molecule has 5 heteroatoms. The molecule has 1 aromatic heterocycles. The van der Waals surface area contributed by atoms with Gasteiger partial charge in [0.15, 0.2) is 0 Å². The standard InChI is InChI=1S/C21H22N3O.C5H5.Fe/c1-25-18-11-9-17(10-12-18)20-15-19(16-7-3-4-8-16)22-21(23-20)24-13-5-2-6-14-24;1-2-4-5-3-1;/h3-4,7-12,15H,2,5-6,13-14H2,1H3;1-5H;/q;;+2. The van der Waals surface area contributed by atoms with Gasteiger partial charge in [0.1, 0.15) is 5.75 Å². The molecule has 3 aliphatic rings. The first-order chi connectivity index (χ1) is 14.8. The fourth-order valence-electron chi connectivity index (χ4n) is 3.59. The van der Waals surface area contributed by atoms with Gasteiger partial charge in [-0.1, -0.05) is 0 Å². The summed E-state index contributed by atoms with van der Waals surface area (Å²) in [5.74, 6) is 2.82. The average molecular weight is 453 g/mol. The van der Waals surface area contributed by atoms with E-state index in [-0.39, 0.29) is 17.1 Å². The van der Waals surface area contributed by atoms with Crippen molar-refractivity contribution in [1.82, 2.24) is 9.97 Å². The van der Waals surface area contributed by atoms with Crippen LogP contribution < -0.4 is 9.64 Å². The number of nitrogens with zero attached hydrogens (tertiary/aromatic N) is 3. The van der Waals surface area contributed by atoms with Gasteiger partial charge in [0.05, 0.1) is 18.5 Å². The SMILES string of the molecule is COc1ccc(-c2cc([C]3[CH][CH][CH][CH]3)nc(N3CCCCC3)n2)cc1.[CH]1[CH][CH][CH][CH]1.[Fe+2]. The van der Waals surface area contributed by atoms with Crippen molar-refractivity contribution >= 4 is 5.95 Å². The summed E-state index contributed by atoms with van der Waals surface area (Å²) in [6.45, 7) is 2.07. The number of ether oxygens (including phenoxy) is 1. The molecule has 3 fully saturated rings. The van der Waals surface area contributed by atoms with Gasteiger partial charge >= 0.3 is 17.1 Å². The zero-order valence-electron chi connectivity index (χ0n) is 17.7. The molecule has 0 N–H and O–H groups in total. The van der Waals surface area contributed by atoms with Crippen molar-refractivity contribution in [3.05, 3.63) is 99.7 Å². The van der Waals surface area contributed by atoms with Crippen molar-refractivity contribution in [2.24, 2.45) is 0 Å². The molecule has 31 heavy (non-hydrogen) atoms. The van der Waals surface area contributed by atoms with E-state index in [1.807, 2.05) is 57.1 Å². The maximum Gasteiger partial charge on any atom is 2.00 e. The van der Waals surface area contributed by atoms with E-state index in [1.54, 1.807) is 7.11 Å². The number of aromatic nitrogens is 2. The van der Waals surface area contributed by atoms with E-state index in [9.17, 15) is 0 Å². The van der Waals surface area contributed by atoms with Crippen LogP contribution in [0.5, 0.6) is 5.75 Å². The summed E-state index contributed by atoms with van der Waals surface area (Å²) >= 11 is 0. The van der Waals surface area contributed by atoms with E-state index in [0.29, 0.717) is 0 Å². The van der Waals surface area contributed by atoms with Crippen LogP contribution in [0.1, 0.15) is 25.0 Å². The summed E-state index contributed by atoms with van der Waals surface area (Å²) in [6, 6.07) is 10.1. The van der Waals surface area contributed by atoms with Crippen molar-refractivity contribution in [2.45, 2.75) is 19.3 Å². The number of rotatable bonds is 4. The van der Waals surface area contributed by atoms with Gasteiger partial charge in [-0.3, -0.25) is 0 Å². The van der Waals surface area contributed by atoms with Crippen molar-refractivity contribution in [1.29, 1.82) is 0 Å². The predicted octanol–water partition coefficient (Wildman–Crippen LogP) is 4.91. The summed E-state index contributed by atoms with van der Waals surface area (Å²) in [5, 5.41) is 0. The Morgan fingerprint density at radius 3 is 1.90 bits per heavy atom. The second-order valence-electron chi connectivity index (χ2n) is 7.35. The van der Waals surface area contributed by atoms with Gasteiger partial charge in [0, 0.05) is 24.6 Å². The van der Waals surface area contributed by atoms with E-state index in [4.69, 9.17) is 14.7 Å². The van der Waals surface area contributed by atoms with Crippen molar-refractivity contribution in [3.63, 3.8) is 0 Å². The molecular weight excluding hydrogens is 426 g/mol. The van der Waals surface area contributed by atoms with Gasteiger partial charge in [0.2, 0.25) is 5.95 Å². The molecule has 0 amide bonds. The van der Waals surface area contributed by atoms with Gasteiger partial charge in [-0.25, -0.2) is 9.97 Å². The molecule has 5 rings (SSSR count). The number of anilines is 1. The van der Waals surface area contributed by atoms with E-state index < -0.39 is 0 Å². The molecule has 2 saturated carbocycles. The van der Waals surface area contributed by atoms with Crippen molar-refractivity contribution < 1.29 is 21.8 Å². The first-order valence-corrected chi connectivity index (χ1v) is 10.5. The molecule has 4 nitrogen and oxygen atoms in total. The second-order valence-corrected chi connectivity index (χ2v) is 7.35. The van der Waals surface area contributed by atoms with Crippen molar-refractivity contribution in [3.8, 4) is 17.0 Å². The Balaban J connectivity index is 0.000000401. The van der Waals surface area contributed by atoms with E-state index >= 15 is 0 Å². The second kappa shape index (κ2) is 12.5. The zero-order chi connectivity index (χ0) is 20.6. The molecule has 158 valence electrons. The van der Waals surface area contributed by atoms with Crippen LogP contribution in [0, 0.1) is 63.7 Å². The molecule has 1 saturated heterocycles.